The number of hydrogen-bond donors (Lipinski definition) is 2. The monoisotopic (exact) mass is 449 g/mol. The fourth-order valence-electron chi connectivity index (χ4n) is 4.50. The predicted molar refractivity (Wildman–Crippen MR) is 142 cm³/mol. The number of thiocarbonyl (C=S) groups is 1. The van der Waals surface area contributed by atoms with Crippen molar-refractivity contribution in [2.75, 3.05) is 0 Å². The van der Waals surface area contributed by atoms with Crippen molar-refractivity contribution in [3.05, 3.63) is 113 Å². The van der Waals surface area contributed by atoms with Crippen LogP contribution < -0.4 is 11.1 Å². The Morgan fingerprint density at radius 2 is 1.70 bits per heavy atom. The molecule has 0 spiro atoms. The molecule has 0 bridgehead atoms. The molecular formula is C29H27N3S. The average molecular weight is 450 g/mol. The van der Waals surface area contributed by atoms with E-state index in [4.69, 9.17) is 18.0 Å². The molecule has 1 unspecified atom stereocenters. The van der Waals surface area contributed by atoms with Crippen LogP contribution in [0.5, 0.6) is 0 Å². The lowest BCUT2D eigenvalue weighted by Gasteiger charge is -2.12. The summed E-state index contributed by atoms with van der Waals surface area (Å²) in [5.74, 6) is 0.496. The second kappa shape index (κ2) is 9.65. The van der Waals surface area contributed by atoms with Crippen LogP contribution in [0, 0.1) is 0 Å². The van der Waals surface area contributed by atoms with Gasteiger partial charge >= 0.3 is 0 Å². The van der Waals surface area contributed by atoms with Gasteiger partial charge in [-0.15, -0.1) is 0 Å². The number of amidine groups is 1. The van der Waals surface area contributed by atoms with Crippen molar-refractivity contribution in [3.63, 3.8) is 0 Å². The lowest BCUT2D eigenvalue weighted by Crippen LogP contribution is -2.28. The molecule has 33 heavy (non-hydrogen) atoms. The Kier molecular flexibility index (Phi) is 6.29. The zero-order valence-electron chi connectivity index (χ0n) is 18.5. The minimum absolute atomic E-state index is 0.434. The fourth-order valence-corrected chi connectivity index (χ4v) is 4.76. The summed E-state index contributed by atoms with van der Waals surface area (Å²) in [5.41, 5.74) is 14.5. The summed E-state index contributed by atoms with van der Waals surface area (Å²) >= 11 is 5.43. The molecule has 164 valence electrons. The van der Waals surface area contributed by atoms with Gasteiger partial charge in [-0.1, -0.05) is 91.1 Å². The minimum Gasteiger partial charge on any atom is -0.383 e. The van der Waals surface area contributed by atoms with Crippen molar-refractivity contribution < 1.29 is 0 Å². The summed E-state index contributed by atoms with van der Waals surface area (Å²) < 4.78 is 0. The zero-order chi connectivity index (χ0) is 22.6. The maximum Gasteiger partial charge on any atom is 0.132 e. The summed E-state index contributed by atoms with van der Waals surface area (Å²) in [6, 6.07) is 26.2. The van der Waals surface area contributed by atoms with Crippen LogP contribution in [0.1, 0.15) is 23.1 Å². The van der Waals surface area contributed by atoms with Crippen LogP contribution in [-0.4, -0.2) is 16.7 Å². The molecule has 2 aliphatic carbocycles. The maximum atomic E-state index is 6.25. The zero-order valence-corrected chi connectivity index (χ0v) is 19.3. The predicted octanol–water partition coefficient (Wildman–Crippen LogP) is 5.86. The summed E-state index contributed by atoms with van der Waals surface area (Å²) in [7, 11) is 0. The number of benzene rings is 3. The first-order chi connectivity index (χ1) is 16.2. The Hall–Kier alpha value is -3.34. The number of nitrogens with zero attached hydrogens (tertiary/aromatic N) is 1. The first-order valence-corrected chi connectivity index (χ1v) is 11.8. The molecule has 3 aromatic carbocycles. The molecule has 3 nitrogen and oxygen atoms in total. The molecule has 0 radical (unpaired) electrons. The Bertz CT molecular complexity index is 1250. The highest BCUT2D eigenvalue weighted by molar-refractivity contribution is 7.81. The quantitative estimate of drug-likeness (QED) is 0.282. The molecule has 0 aliphatic heterocycles. The Morgan fingerprint density at radius 3 is 2.48 bits per heavy atom. The van der Waals surface area contributed by atoms with E-state index >= 15 is 0 Å². The van der Waals surface area contributed by atoms with Crippen LogP contribution in [0.4, 0.5) is 5.69 Å². The number of nitrogens with one attached hydrogen (secondary N) is 1. The van der Waals surface area contributed by atoms with Gasteiger partial charge in [0.25, 0.3) is 0 Å². The van der Waals surface area contributed by atoms with Crippen molar-refractivity contribution in [1.29, 1.82) is 0 Å². The van der Waals surface area contributed by atoms with E-state index in [-0.39, 0.29) is 0 Å². The first kappa shape index (κ1) is 21.5. The maximum absolute atomic E-state index is 6.25. The SMILES string of the molecule is NC(=Nc1ccc2c(c1)CC(NCc1ccc(-c3ccccc3)cc1)C2)C1=CC=CCC1=S. The Balaban J connectivity index is 1.20. The van der Waals surface area contributed by atoms with E-state index in [0.717, 1.165) is 41.9 Å². The van der Waals surface area contributed by atoms with Gasteiger partial charge in [-0.25, -0.2) is 4.99 Å². The van der Waals surface area contributed by atoms with Crippen molar-refractivity contribution in [3.8, 4) is 11.1 Å². The topological polar surface area (TPSA) is 50.4 Å². The van der Waals surface area contributed by atoms with Crippen LogP contribution in [0.15, 0.2) is 102 Å². The number of hydrogen-bond acceptors (Lipinski definition) is 3. The fraction of sp³-hybridized carbons (Fsp3) is 0.172. The molecule has 3 N–H and O–H groups in total. The van der Waals surface area contributed by atoms with E-state index in [0.29, 0.717) is 11.9 Å². The molecular weight excluding hydrogens is 422 g/mol. The van der Waals surface area contributed by atoms with Crippen molar-refractivity contribution in [2.45, 2.75) is 31.8 Å². The molecule has 5 rings (SSSR count). The summed E-state index contributed by atoms with van der Waals surface area (Å²) in [6.07, 6.45) is 8.77. The molecule has 0 heterocycles. The third kappa shape index (κ3) is 5.03. The lowest BCUT2D eigenvalue weighted by atomic mass is 10.0. The van der Waals surface area contributed by atoms with Crippen LogP contribution in [0.25, 0.3) is 11.1 Å². The van der Waals surface area contributed by atoms with Gasteiger partial charge in [-0.3, -0.25) is 0 Å². The van der Waals surface area contributed by atoms with Gasteiger partial charge in [0, 0.05) is 29.4 Å². The van der Waals surface area contributed by atoms with Crippen LogP contribution in [0.3, 0.4) is 0 Å². The Morgan fingerprint density at radius 1 is 0.939 bits per heavy atom. The highest BCUT2D eigenvalue weighted by atomic mass is 32.1. The van der Waals surface area contributed by atoms with Gasteiger partial charge in [0.05, 0.1) is 5.69 Å². The molecule has 0 saturated carbocycles. The van der Waals surface area contributed by atoms with E-state index < -0.39 is 0 Å². The standard InChI is InChI=1S/C29H27N3S/c30-29(27-8-4-5-9-28(27)33)32-25-15-14-23-16-26(18-24(23)17-25)31-19-20-10-12-22(13-11-20)21-6-2-1-3-7-21/h1-8,10-15,17,26,31H,9,16,18-19H2,(H2,30,32). The number of aliphatic imine (C=N–C) groups is 1. The molecule has 0 aromatic heterocycles. The summed E-state index contributed by atoms with van der Waals surface area (Å²) in [4.78, 5) is 5.49. The van der Waals surface area contributed by atoms with Gasteiger partial charge in [0.15, 0.2) is 0 Å². The van der Waals surface area contributed by atoms with E-state index in [1.165, 1.54) is 27.8 Å². The summed E-state index contributed by atoms with van der Waals surface area (Å²) in [5, 5.41) is 3.73. The van der Waals surface area contributed by atoms with E-state index in [1.807, 2.05) is 24.3 Å². The average Bonchev–Trinajstić information content (AvgIpc) is 3.26. The highest BCUT2D eigenvalue weighted by Gasteiger charge is 2.21. The van der Waals surface area contributed by atoms with Gasteiger partial charge in [-0.2, -0.15) is 0 Å². The van der Waals surface area contributed by atoms with Gasteiger partial charge in [0.2, 0.25) is 0 Å². The van der Waals surface area contributed by atoms with Crippen molar-refractivity contribution in [2.24, 2.45) is 10.7 Å². The number of allylic oxidation sites excluding steroid dienone is 3. The third-order valence-corrected chi connectivity index (χ3v) is 6.69. The van der Waals surface area contributed by atoms with Crippen LogP contribution >= 0.6 is 12.2 Å². The highest BCUT2D eigenvalue weighted by Crippen LogP contribution is 2.28. The number of nitrogens with two attached hydrogens (primary N) is 1. The number of rotatable bonds is 6. The molecule has 0 amide bonds. The second-order valence-corrected chi connectivity index (χ2v) is 9.13. The largest absolute Gasteiger partial charge is 0.383 e. The second-order valence-electron chi connectivity index (χ2n) is 8.63. The first-order valence-electron chi connectivity index (χ1n) is 11.4. The molecule has 1 atom stereocenters. The summed E-state index contributed by atoms with van der Waals surface area (Å²) in [6.45, 7) is 0.866. The van der Waals surface area contributed by atoms with Crippen LogP contribution in [-0.2, 0) is 19.4 Å². The Labute approximate surface area is 200 Å². The minimum atomic E-state index is 0.434. The van der Waals surface area contributed by atoms with Crippen molar-refractivity contribution in [1.82, 2.24) is 5.32 Å². The molecule has 2 aliphatic rings. The van der Waals surface area contributed by atoms with Crippen LogP contribution in [0.2, 0.25) is 0 Å². The molecule has 0 saturated heterocycles. The lowest BCUT2D eigenvalue weighted by molar-refractivity contribution is 0.533. The van der Waals surface area contributed by atoms with E-state index in [1.54, 1.807) is 0 Å². The van der Waals surface area contributed by atoms with Gasteiger partial charge in [-0.05, 0) is 52.8 Å². The molecule has 3 aromatic rings. The van der Waals surface area contributed by atoms with E-state index in [9.17, 15) is 0 Å². The normalized spacial score (nSPS) is 17.7. The van der Waals surface area contributed by atoms with Gasteiger partial charge in [0.1, 0.15) is 5.84 Å². The van der Waals surface area contributed by atoms with Crippen molar-refractivity contribution >= 4 is 28.6 Å². The van der Waals surface area contributed by atoms with Gasteiger partial charge < -0.3 is 11.1 Å². The number of fused-ring (bicyclic) bond motifs is 1. The smallest absolute Gasteiger partial charge is 0.132 e. The van der Waals surface area contributed by atoms with E-state index in [2.05, 4.69) is 77.0 Å². The third-order valence-electron chi connectivity index (χ3n) is 6.31. The molecule has 4 heteroatoms. The molecule has 0 fully saturated rings.